The van der Waals surface area contributed by atoms with E-state index in [-0.39, 0.29) is 17.1 Å². The van der Waals surface area contributed by atoms with Gasteiger partial charge in [-0.25, -0.2) is 15.4 Å². The predicted molar refractivity (Wildman–Crippen MR) is 102 cm³/mol. The molecule has 0 radical (unpaired) electrons. The van der Waals surface area contributed by atoms with Crippen LogP contribution in [0.15, 0.2) is 29.1 Å². The molecule has 0 saturated carbocycles. The molecule has 4 rings (SSSR count). The summed E-state index contributed by atoms with van der Waals surface area (Å²) in [5.74, 6) is 6.51. The fraction of sp³-hybridized carbons (Fsp3) is 0.333. The number of nitrogens with one attached hydrogen (secondary N) is 1. The predicted octanol–water partition coefficient (Wildman–Crippen LogP) is 2.59. The van der Waals surface area contributed by atoms with Gasteiger partial charge in [0.25, 0.3) is 5.56 Å². The molecular formula is C18H20N4O3S. The highest BCUT2D eigenvalue weighted by Crippen LogP contribution is 2.37. The van der Waals surface area contributed by atoms with Gasteiger partial charge in [-0.3, -0.25) is 10.2 Å². The number of nitrogens with two attached hydrogens (primary N) is 1. The van der Waals surface area contributed by atoms with Gasteiger partial charge in [0.2, 0.25) is 5.95 Å². The highest BCUT2D eigenvalue weighted by molar-refractivity contribution is 7.18. The Hall–Kier alpha value is -2.42. The molecule has 7 nitrogen and oxygen atoms in total. The zero-order valence-electron chi connectivity index (χ0n) is 14.8. The van der Waals surface area contributed by atoms with Gasteiger partial charge in [0.05, 0.1) is 30.4 Å². The van der Waals surface area contributed by atoms with E-state index in [1.54, 1.807) is 19.2 Å². The lowest BCUT2D eigenvalue weighted by atomic mass is 9.94. The number of methoxy groups -OCH3 is 1. The van der Waals surface area contributed by atoms with Crippen LogP contribution in [-0.4, -0.2) is 22.3 Å². The number of fused-ring (bicyclic) bond motifs is 3. The van der Waals surface area contributed by atoms with E-state index in [9.17, 15) is 4.79 Å². The van der Waals surface area contributed by atoms with E-state index in [2.05, 4.69) is 10.4 Å². The van der Waals surface area contributed by atoms with Gasteiger partial charge in [-0.15, -0.1) is 11.3 Å². The van der Waals surface area contributed by atoms with Crippen LogP contribution < -0.4 is 21.6 Å². The lowest BCUT2D eigenvalue weighted by molar-refractivity contribution is -0.0379. The van der Waals surface area contributed by atoms with E-state index < -0.39 is 0 Å². The molecule has 0 amide bonds. The molecule has 0 unspecified atom stereocenters. The van der Waals surface area contributed by atoms with Gasteiger partial charge in [0, 0.05) is 11.3 Å². The van der Waals surface area contributed by atoms with Crippen molar-refractivity contribution < 1.29 is 9.47 Å². The molecule has 2 aromatic heterocycles. The maximum absolute atomic E-state index is 13.5. The minimum Gasteiger partial charge on any atom is -0.495 e. The smallest absolute Gasteiger partial charge is 0.268 e. The summed E-state index contributed by atoms with van der Waals surface area (Å²) in [7, 11) is 1.57. The SMILES string of the molecule is COc1ccccc1-n1c(NN)nc2sc3c(c2c1=O)CC(C)(C)OC3. The van der Waals surface area contributed by atoms with Crippen molar-refractivity contribution in [2.45, 2.75) is 32.5 Å². The number of aromatic nitrogens is 2. The molecule has 1 aliphatic rings. The van der Waals surface area contributed by atoms with Crippen molar-refractivity contribution in [2.24, 2.45) is 5.84 Å². The zero-order valence-corrected chi connectivity index (χ0v) is 15.6. The van der Waals surface area contributed by atoms with Crippen molar-refractivity contribution in [2.75, 3.05) is 12.5 Å². The quantitative estimate of drug-likeness (QED) is 0.542. The standard InChI is InChI=1S/C18H20N4O3S/c1-18(2)8-10-13(9-25-18)26-15-14(10)16(23)22(17(20-15)21-19)11-6-4-5-7-12(11)24-3/h4-7H,8-9,19H2,1-3H3,(H,20,21). The number of anilines is 1. The Morgan fingerprint density at radius 1 is 1.38 bits per heavy atom. The molecule has 8 heteroatoms. The molecule has 0 bridgehead atoms. The molecule has 3 aromatic rings. The van der Waals surface area contributed by atoms with E-state index in [1.807, 2.05) is 26.0 Å². The molecule has 3 N–H and O–H groups in total. The van der Waals surface area contributed by atoms with Crippen LogP contribution in [0.5, 0.6) is 5.75 Å². The van der Waals surface area contributed by atoms with Crippen LogP contribution in [0.25, 0.3) is 15.9 Å². The third-order valence-electron chi connectivity index (χ3n) is 4.56. The summed E-state index contributed by atoms with van der Waals surface area (Å²) in [5.41, 5.74) is 3.68. The van der Waals surface area contributed by atoms with Crippen LogP contribution >= 0.6 is 11.3 Å². The summed E-state index contributed by atoms with van der Waals surface area (Å²) in [5, 5.41) is 0.631. The van der Waals surface area contributed by atoms with E-state index in [0.717, 1.165) is 10.4 Å². The maximum atomic E-state index is 13.5. The van der Waals surface area contributed by atoms with E-state index in [0.29, 0.717) is 34.7 Å². The number of thiophene rings is 1. The number of rotatable bonds is 3. The van der Waals surface area contributed by atoms with Gasteiger partial charge in [0.15, 0.2) is 0 Å². The first-order valence-electron chi connectivity index (χ1n) is 8.26. The zero-order chi connectivity index (χ0) is 18.5. The number of ether oxygens (including phenoxy) is 2. The van der Waals surface area contributed by atoms with Crippen LogP contribution in [0.1, 0.15) is 24.3 Å². The molecule has 136 valence electrons. The van der Waals surface area contributed by atoms with Crippen molar-refractivity contribution in [1.82, 2.24) is 9.55 Å². The van der Waals surface area contributed by atoms with Crippen LogP contribution in [0.3, 0.4) is 0 Å². The number of nitrogens with zero attached hydrogens (tertiary/aromatic N) is 2. The van der Waals surface area contributed by atoms with Crippen molar-refractivity contribution in [1.29, 1.82) is 0 Å². The molecule has 1 aliphatic heterocycles. The van der Waals surface area contributed by atoms with Crippen molar-refractivity contribution in [3.63, 3.8) is 0 Å². The fourth-order valence-electron chi connectivity index (χ4n) is 3.33. The van der Waals surface area contributed by atoms with E-state index in [4.69, 9.17) is 15.3 Å². The number of benzene rings is 1. The van der Waals surface area contributed by atoms with Gasteiger partial charge < -0.3 is 9.47 Å². The van der Waals surface area contributed by atoms with Crippen molar-refractivity contribution in [3.8, 4) is 11.4 Å². The largest absolute Gasteiger partial charge is 0.495 e. The van der Waals surface area contributed by atoms with Gasteiger partial charge >= 0.3 is 0 Å². The first kappa shape index (κ1) is 17.0. The molecule has 0 aliphatic carbocycles. The summed E-state index contributed by atoms with van der Waals surface area (Å²) in [6.45, 7) is 4.55. The van der Waals surface area contributed by atoms with E-state index in [1.165, 1.54) is 15.9 Å². The minimum atomic E-state index is -0.312. The molecule has 1 aromatic carbocycles. The molecule has 0 atom stereocenters. The average molecular weight is 372 g/mol. The molecular weight excluding hydrogens is 352 g/mol. The first-order chi connectivity index (χ1) is 12.4. The Balaban J connectivity index is 2.05. The number of hydrogen-bond acceptors (Lipinski definition) is 7. The van der Waals surface area contributed by atoms with Crippen LogP contribution in [0.2, 0.25) is 0 Å². The highest BCUT2D eigenvalue weighted by Gasteiger charge is 2.31. The van der Waals surface area contributed by atoms with Crippen molar-refractivity contribution in [3.05, 3.63) is 45.1 Å². The number of hydrazine groups is 1. The Labute approximate surface area is 154 Å². The Bertz CT molecular complexity index is 1050. The summed E-state index contributed by atoms with van der Waals surface area (Å²) in [6.07, 6.45) is 0.667. The Morgan fingerprint density at radius 2 is 2.15 bits per heavy atom. The maximum Gasteiger partial charge on any atom is 0.268 e. The summed E-state index contributed by atoms with van der Waals surface area (Å²) < 4.78 is 12.8. The normalized spacial score (nSPS) is 15.7. The van der Waals surface area contributed by atoms with Gasteiger partial charge in [-0.1, -0.05) is 12.1 Å². The lowest BCUT2D eigenvalue weighted by Crippen LogP contribution is -2.32. The summed E-state index contributed by atoms with van der Waals surface area (Å²) in [4.78, 5) is 19.8. The van der Waals surface area contributed by atoms with Gasteiger partial charge in [-0.05, 0) is 31.5 Å². The minimum absolute atomic E-state index is 0.164. The van der Waals surface area contributed by atoms with E-state index >= 15 is 0 Å². The molecule has 0 spiro atoms. The van der Waals surface area contributed by atoms with Crippen molar-refractivity contribution >= 4 is 27.5 Å². The molecule has 0 saturated heterocycles. The fourth-order valence-corrected chi connectivity index (χ4v) is 4.42. The van der Waals surface area contributed by atoms with Crippen LogP contribution in [0.4, 0.5) is 5.95 Å². The Kier molecular flexibility index (Phi) is 3.98. The highest BCUT2D eigenvalue weighted by atomic mass is 32.1. The van der Waals surface area contributed by atoms with Gasteiger partial charge in [0.1, 0.15) is 10.6 Å². The second kappa shape index (κ2) is 6.08. The first-order valence-corrected chi connectivity index (χ1v) is 9.08. The topological polar surface area (TPSA) is 91.4 Å². The third kappa shape index (κ3) is 2.57. The van der Waals surface area contributed by atoms with Gasteiger partial charge in [-0.2, -0.15) is 0 Å². The number of hydrogen-bond donors (Lipinski definition) is 2. The van der Waals surface area contributed by atoms with Crippen LogP contribution in [0, 0.1) is 0 Å². The molecule has 3 heterocycles. The molecule has 26 heavy (non-hydrogen) atoms. The average Bonchev–Trinajstić information content (AvgIpc) is 2.98. The third-order valence-corrected chi connectivity index (χ3v) is 5.66. The lowest BCUT2D eigenvalue weighted by Gasteiger charge is -2.29. The number of para-hydroxylation sites is 2. The second-order valence-corrected chi connectivity index (χ2v) is 7.88. The summed E-state index contributed by atoms with van der Waals surface area (Å²) in [6, 6.07) is 7.29. The molecule has 0 fully saturated rings. The monoisotopic (exact) mass is 372 g/mol. The Morgan fingerprint density at radius 3 is 2.88 bits per heavy atom. The second-order valence-electron chi connectivity index (χ2n) is 6.80. The number of nitrogen functional groups attached to an aromatic ring is 1. The van der Waals surface area contributed by atoms with Crippen LogP contribution in [-0.2, 0) is 17.8 Å². The summed E-state index contributed by atoms with van der Waals surface area (Å²) >= 11 is 1.48.